The first-order chi connectivity index (χ1) is 8.06. The second-order valence-corrected chi connectivity index (χ2v) is 5.03. The zero-order valence-corrected chi connectivity index (χ0v) is 10.3. The lowest BCUT2D eigenvalue weighted by atomic mass is 10.3. The Labute approximate surface area is 101 Å². The number of aromatic nitrogens is 1. The van der Waals surface area contributed by atoms with Crippen LogP contribution in [0.5, 0.6) is 0 Å². The predicted octanol–water partition coefficient (Wildman–Crippen LogP) is 1.24. The standard InChI is InChI=1S/C11H14N2O3S/c1-2-3-4-7-11(14)13-17(15,16)10-6-5-8-12-9-10/h4-9H,2-3H2,1H3,(H,13,14)/b7-4+. The number of hydrogen-bond acceptors (Lipinski definition) is 4. The Balaban J connectivity index is 2.71. The van der Waals surface area contributed by atoms with Crippen LogP contribution in [0, 0.1) is 0 Å². The van der Waals surface area contributed by atoms with E-state index in [2.05, 4.69) is 4.98 Å². The van der Waals surface area contributed by atoms with E-state index in [1.165, 1.54) is 30.6 Å². The Kier molecular flexibility index (Phi) is 4.84. The summed E-state index contributed by atoms with van der Waals surface area (Å²) in [7, 11) is -3.81. The zero-order valence-electron chi connectivity index (χ0n) is 9.46. The molecule has 6 heteroatoms. The number of allylic oxidation sites excluding steroid dienone is 1. The minimum absolute atomic E-state index is 0.0303. The molecule has 0 aliphatic carbocycles. The molecule has 5 nitrogen and oxygen atoms in total. The molecule has 1 amide bonds. The van der Waals surface area contributed by atoms with Gasteiger partial charge in [-0.2, -0.15) is 0 Å². The molecule has 0 saturated carbocycles. The molecule has 0 aliphatic heterocycles. The van der Waals surface area contributed by atoms with Crippen LogP contribution in [-0.2, 0) is 14.8 Å². The Morgan fingerprint density at radius 3 is 2.88 bits per heavy atom. The zero-order chi connectivity index (χ0) is 12.7. The molecule has 0 fully saturated rings. The first-order valence-electron chi connectivity index (χ1n) is 5.19. The van der Waals surface area contributed by atoms with Gasteiger partial charge in [-0.3, -0.25) is 9.78 Å². The molecule has 1 heterocycles. The van der Waals surface area contributed by atoms with Crippen LogP contribution >= 0.6 is 0 Å². The monoisotopic (exact) mass is 254 g/mol. The average Bonchev–Trinajstić information content (AvgIpc) is 2.30. The number of amides is 1. The first kappa shape index (κ1) is 13.4. The summed E-state index contributed by atoms with van der Waals surface area (Å²) in [5.41, 5.74) is 0. The van der Waals surface area contributed by atoms with E-state index in [0.29, 0.717) is 0 Å². The minimum Gasteiger partial charge on any atom is -0.269 e. The highest BCUT2D eigenvalue weighted by Crippen LogP contribution is 2.05. The van der Waals surface area contributed by atoms with Crippen molar-refractivity contribution in [2.75, 3.05) is 0 Å². The van der Waals surface area contributed by atoms with Crippen molar-refractivity contribution in [1.29, 1.82) is 0 Å². The summed E-state index contributed by atoms with van der Waals surface area (Å²) in [4.78, 5) is 15.0. The highest BCUT2D eigenvalue weighted by atomic mass is 32.2. The number of nitrogens with one attached hydrogen (secondary N) is 1. The number of carbonyl (C=O) groups excluding carboxylic acids is 1. The number of hydrogen-bond donors (Lipinski definition) is 1. The Hall–Kier alpha value is -1.69. The molecule has 0 unspecified atom stereocenters. The molecular formula is C11H14N2O3S. The summed E-state index contributed by atoms with van der Waals surface area (Å²) in [5, 5.41) is 0. The van der Waals surface area contributed by atoms with Gasteiger partial charge >= 0.3 is 0 Å². The fourth-order valence-electron chi connectivity index (χ4n) is 1.09. The molecule has 0 atom stereocenters. The molecular weight excluding hydrogens is 240 g/mol. The van der Waals surface area contributed by atoms with E-state index in [4.69, 9.17) is 0 Å². The lowest BCUT2D eigenvalue weighted by Gasteiger charge is -2.03. The van der Waals surface area contributed by atoms with Crippen LogP contribution in [0.3, 0.4) is 0 Å². The van der Waals surface area contributed by atoms with Crippen LogP contribution < -0.4 is 4.72 Å². The van der Waals surface area contributed by atoms with Gasteiger partial charge in [0.25, 0.3) is 15.9 Å². The quantitative estimate of drug-likeness (QED) is 0.802. The van der Waals surface area contributed by atoms with Crippen molar-refractivity contribution in [2.45, 2.75) is 24.7 Å². The number of carbonyl (C=O) groups is 1. The van der Waals surface area contributed by atoms with Crippen molar-refractivity contribution in [3.05, 3.63) is 36.7 Å². The van der Waals surface area contributed by atoms with E-state index in [1.807, 2.05) is 11.6 Å². The van der Waals surface area contributed by atoms with E-state index in [9.17, 15) is 13.2 Å². The third kappa shape index (κ3) is 4.36. The fourth-order valence-corrected chi connectivity index (χ4v) is 2.00. The van der Waals surface area contributed by atoms with Gasteiger partial charge in [0.1, 0.15) is 4.90 Å². The molecule has 0 aromatic carbocycles. The van der Waals surface area contributed by atoms with Crippen molar-refractivity contribution in [1.82, 2.24) is 9.71 Å². The maximum Gasteiger partial charge on any atom is 0.265 e. The van der Waals surface area contributed by atoms with Crippen LogP contribution in [0.2, 0.25) is 0 Å². The van der Waals surface area contributed by atoms with Crippen molar-refractivity contribution < 1.29 is 13.2 Å². The highest BCUT2D eigenvalue weighted by Gasteiger charge is 2.15. The van der Waals surface area contributed by atoms with Gasteiger partial charge in [0.15, 0.2) is 0 Å². The number of nitrogens with zero attached hydrogens (tertiary/aromatic N) is 1. The third-order valence-electron chi connectivity index (χ3n) is 1.90. The van der Waals surface area contributed by atoms with Gasteiger partial charge in [0.05, 0.1) is 0 Å². The number of sulfonamides is 1. The largest absolute Gasteiger partial charge is 0.269 e. The Bertz CT molecular complexity index is 495. The van der Waals surface area contributed by atoms with Crippen LogP contribution in [0.25, 0.3) is 0 Å². The van der Waals surface area contributed by atoms with Crippen molar-refractivity contribution >= 4 is 15.9 Å². The summed E-state index contributed by atoms with van der Waals surface area (Å²) in [5.74, 6) is -0.651. The molecule has 0 radical (unpaired) electrons. The van der Waals surface area contributed by atoms with Crippen LogP contribution in [-0.4, -0.2) is 19.3 Å². The van der Waals surface area contributed by atoms with Gasteiger partial charge in [-0.1, -0.05) is 19.4 Å². The summed E-state index contributed by atoms with van der Waals surface area (Å²) in [6.45, 7) is 1.97. The topological polar surface area (TPSA) is 76.1 Å². The normalized spacial score (nSPS) is 11.6. The molecule has 17 heavy (non-hydrogen) atoms. The summed E-state index contributed by atoms with van der Waals surface area (Å²) in [6, 6.07) is 2.87. The Morgan fingerprint density at radius 1 is 1.53 bits per heavy atom. The molecule has 0 spiro atoms. The molecule has 0 saturated heterocycles. The molecule has 1 rings (SSSR count). The van der Waals surface area contributed by atoms with Gasteiger partial charge in [-0.25, -0.2) is 13.1 Å². The lowest BCUT2D eigenvalue weighted by molar-refractivity contribution is -0.114. The second-order valence-electron chi connectivity index (χ2n) is 3.35. The molecule has 92 valence electrons. The van der Waals surface area contributed by atoms with Gasteiger partial charge < -0.3 is 0 Å². The smallest absolute Gasteiger partial charge is 0.265 e. The fraction of sp³-hybridized carbons (Fsp3) is 0.273. The molecule has 0 bridgehead atoms. The van der Waals surface area contributed by atoms with Crippen LogP contribution in [0.4, 0.5) is 0 Å². The molecule has 1 N–H and O–H groups in total. The maximum absolute atomic E-state index is 11.7. The van der Waals surface area contributed by atoms with Crippen molar-refractivity contribution in [3.63, 3.8) is 0 Å². The number of pyridine rings is 1. The van der Waals surface area contributed by atoms with Crippen LogP contribution in [0.1, 0.15) is 19.8 Å². The van der Waals surface area contributed by atoms with Gasteiger partial charge in [-0.15, -0.1) is 0 Å². The van der Waals surface area contributed by atoms with Crippen molar-refractivity contribution in [3.8, 4) is 0 Å². The lowest BCUT2D eigenvalue weighted by Crippen LogP contribution is -2.29. The van der Waals surface area contributed by atoms with Gasteiger partial charge in [0.2, 0.25) is 0 Å². The predicted molar refractivity (Wildman–Crippen MR) is 63.6 cm³/mol. The maximum atomic E-state index is 11.7. The second kappa shape index (κ2) is 6.15. The number of unbranched alkanes of at least 4 members (excludes halogenated alkanes) is 1. The molecule has 1 aromatic heterocycles. The molecule has 0 aliphatic rings. The summed E-state index contributed by atoms with van der Waals surface area (Å²) < 4.78 is 25.3. The first-order valence-corrected chi connectivity index (χ1v) is 6.68. The summed E-state index contributed by atoms with van der Waals surface area (Å²) in [6.07, 6.45) is 7.14. The van der Waals surface area contributed by atoms with Gasteiger partial charge in [0, 0.05) is 12.4 Å². The summed E-state index contributed by atoms with van der Waals surface area (Å²) >= 11 is 0. The van der Waals surface area contributed by atoms with Gasteiger partial charge in [-0.05, 0) is 24.6 Å². The number of rotatable bonds is 5. The highest BCUT2D eigenvalue weighted by molar-refractivity contribution is 7.90. The van der Waals surface area contributed by atoms with E-state index < -0.39 is 15.9 Å². The minimum atomic E-state index is -3.81. The Morgan fingerprint density at radius 2 is 2.29 bits per heavy atom. The van der Waals surface area contributed by atoms with Crippen molar-refractivity contribution in [2.24, 2.45) is 0 Å². The third-order valence-corrected chi connectivity index (χ3v) is 3.24. The van der Waals surface area contributed by atoms with E-state index >= 15 is 0 Å². The average molecular weight is 254 g/mol. The van der Waals surface area contributed by atoms with E-state index in [-0.39, 0.29) is 4.90 Å². The SMILES string of the molecule is CCC/C=C/C(=O)NS(=O)(=O)c1cccnc1. The molecule has 1 aromatic rings. The van der Waals surface area contributed by atoms with E-state index in [1.54, 1.807) is 6.08 Å². The van der Waals surface area contributed by atoms with E-state index in [0.717, 1.165) is 12.8 Å². The van der Waals surface area contributed by atoms with Crippen LogP contribution in [0.15, 0.2) is 41.6 Å².